The summed E-state index contributed by atoms with van der Waals surface area (Å²) in [5.41, 5.74) is 7.26. The van der Waals surface area contributed by atoms with Crippen LogP contribution in [0.25, 0.3) is 16.6 Å². The summed E-state index contributed by atoms with van der Waals surface area (Å²) >= 11 is 0. The summed E-state index contributed by atoms with van der Waals surface area (Å²) in [6, 6.07) is 10.8. The normalized spacial score (nSPS) is 12.8. The highest BCUT2D eigenvalue weighted by molar-refractivity contribution is 7.86. The van der Waals surface area contributed by atoms with Crippen LogP contribution in [0.5, 0.6) is 0 Å². The molecule has 0 aliphatic rings. The number of H-pyrrole nitrogens is 1. The average Bonchev–Trinajstić information content (AvgIpc) is 3.33. The van der Waals surface area contributed by atoms with E-state index in [0.717, 1.165) is 30.5 Å². The van der Waals surface area contributed by atoms with Crippen LogP contribution in [0.3, 0.4) is 0 Å². The maximum Gasteiger partial charge on any atom is 0.201 e. The number of allylic oxidation sites excluding steroid dienone is 1. The molecule has 0 amide bonds. The summed E-state index contributed by atoms with van der Waals surface area (Å²) < 4.78 is 45.6. The van der Waals surface area contributed by atoms with E-state index in [1.54, 1.807) is 31.4 Å². The first-order valence-corrected chi connectivity index (χ1v) is 12.6. The van der Waals surface area contributed by atoms with E-state index in [-0.39, 0.29) is 11.3 Å². The van der Waals surface area contributed by atoms with Crippen LogP contribution in [-0.2, 0) is 17.4 Å². The van der Waals surface area contributed by atoms with E-state index >= 15 is 4.39 Å². The second kappa shape index (κ2) is 11.3. The van der Waals surface area contributed by atoms with Crippen molar-refractivity contribution in [2.45, 2.75) is 24.7 Å². The van der Waals surface area contributed by atoms with Crippen molar-refractivity contribution in [2.75, 3.05) is 11.8 Å². The topological polar surface area (TPSA) is 113 Å². The molecular formula is C27H25F2N5O2S. The Kier molecular flexibility index (Phi) is 7.88. The SMILES string of the molecule is CCCc1ccc(S(=O)Nc2ccc(F)c(C(=O)c3c[nH]c4ncc(C(C=NC)=CN)cc34)c2F)cc1. The lowest BCUT2D eigenvalue weighted by atomic mass is 10.00. The molecule has 4 rings (SSSR count). The van der Waals surface area contributed by atoms with Gasteiger partial charge in [-0.2, -0.15) is 0 Å². The largest absolute Gasteiger partial charge is 0.404 e. The minimum absolute atomic E-state index is 0.0248. The molecule has 7 nitrogen and oxygen atoms in total. The maximum atomic E-state index is 15.5. The lowest BCUT2D eigenvalue weighted by molar-refractivity contribution is 0.103. The third-order valence-corrected chi connectivity index (χ3v) is 6.86. The summed E-state index contributed by atoms with van der Waals surface area (Å²) in [5.74, 6) is -3.07. The summed E-state index contributed by atoms with van der Waals surface area (Å²) in [4.78, 5) is 24.8. The van der Waals surface area contributed by atoms with Crippen LogP contribution in [0.2, 0.25) is 0 Å². The molecule has 0 saturated heterocycles. The molecule has 2 heterocycles. The molecule has 0 bridgehead atoms. The molecule has 10 heteroatoms. The Morgan fingerprint density at radius 1 is 1.22 bits per heavy atom. The molecule has 0 fully saturated rings. The Hall–Kier alpha value is -4.18. The number of nitrogens with one attached hydrogen (secondary N) is 2. The number of aryl methyl sites for hydroxylation is 1. The van der Waals surface area contributed by atoms with Crippen molar-refractivity contribution in [3.8, 4) is 0 Å². The monoisotopic (exact) mass is 521 g/mol. The lowest BCUT2D eigenvalue weighted by Crippen LogP contribution is -2.12. The van der Waals surface area contributed by atoms with E-state index in [4.69, 9.17) is 5.73 Å². The van der Waals surface area contributed by atoms with Gasteiger partial charge in [-0.1, -0.05) is 25.5 Å². The van der Waals surface area contributed by atoms with E-state index in [1.807, 2.05) is 12.1 Å². The Bertz CT molecular complexity index is 1540. The predicted molar refractivity (Wildman–Crippen MR) is 143 cm³/mol. The van der Waals surface area contributed by atoms with Gasteiger partial charge in [0.2, 0.25) is 5.78 Å². The first-order valence-electron chi connectivity index (χ1n) is 11.5. The number of nitrogens with two attached hydrogens (primary N) is 1. The lowest BCUT2D eigenvalue weighted by Gasteiger charge is -2.11. The number of aromatic nitrogens is 2. The van der Waals surface area contributed by atoms with E-state index in [2.05, 4.69) is 26.6 Å². The van der Waals surface area contributed by atoms with Gasteiger partial charge in [-0.05, 0) is 42.3 Å². The van der Waals surface area contributed by atoms with Crippen LogP contribution < -0.4 is 10.5 Å². The molecule has 0 aliphatic carbocycles. The van der Waals surface area contributed by atoms with Crippen LogP contribution in [0.4, 0.5) is 14.5 Å². The number of hydrogen-bond donors (Lipinski definition) is 3. The quantitative estimate of drug-likeness (QED) is 0.209. The molecule has 1 unspecified atom stereocenters. The molecule has 37 heavy (non-hydrogen) atoms. The van der Waals surface area contributed by atoms with E-state index < -0.39 is 34.0 Å². The van der Waals surface area contributed by atoms with Gasteiger partial charge in [-0.25, -0.2) is 18.0 Å². The predicted octanol–water partition coefficient (Wildman–Crippen LogP) is 5.16. The van der Waals surface area contributed by atoms with Crippen molar-refractivity contribution >= 4 is 45.3 Å². The molecule has 0 saturated carbocycles. The van der Waals surface area contributed by atoms with Crippen molar-refractivity contribution in [1.29, 1.82) is 0 Å². The third kappa shape index (κ3) is 5.34. The minimum Gasteiger partial charge on any atom is -0.404 e. The Balaban J connectivity index is 1.68. The second-order valence-electron chi connectivity index (χ2n) is 8.21. The van der Waals surface area contributed by atoms with Crippen molar-refractivity contribution < 1.29 is 17.8 Å². The number of aromatic amines is 1. The number of halogens is 2. The standard InChI is InChI=1S/C27H25F2N5O2S/c1-3-4-16-5-7-19(8-6-16)37(36)34-23-10-9-22(28)24(25(23)29)26(35)21-15-33-27-20(21)11-17(14-32-27)18(12-30)13-31-2/h5-15,34H,3-4,30H2,1-2H3,(H,32,33). The first kappa shape index (κ1) is 25.9. The number of aliphatic imine (C=N–C) groups is 1. The fraction of sp³-hybridized carbons (Fsp3) is 0.148. The second-order valence-corrected chi connectivity index (χ2v) is 9.42. The molecule has 0 spiro atoms. The molecular weight excluding hydrogens is 496 g/mol. The molecule has 1 atom stereocenters. The Morgan fingerprint density at radius 3 is 2.65 bits per heavy atom. The third-order valence-electron chi connectivity index (χ3n) is 5.75. The first-order chi connectivity index (χ1) is 17.9. The fourth-order valence-electron chi connectivity index (χ4n) is 3.90. The van der Waals surface area contributed by atoms with Crippen LogP contribution >= 0.6 is 0 Å². The Morgan fingerprint density at radius 2 is 1.97 bits per heavy atom. The highest BCUT2D eigenvalue weighted by Gasteiger charge is 2.25. The van der Waals surface area contributed by atoms with E-state index in [9.17, 15) is 13.4 Å². The van der Waals surface area contributed by atoms with E-state index in [1.165, 1.54) is 18.6 Å². The van der Waals surface area contributed by atoms with Gasteiger partial charge in [-0.3, -0.25) is 14.5 Å². The summed E-state index contributed by atoms with van der Waals surface area (Å²) in [5, 5.41) is 0.360. The molecule has 0 radical (unpaired) electrons. The smallest absolute Gasteiger partial charge is 0.201 e. The number of carbonyl (C=O) groups is 1. The zero-order valence-corrected chi connectivity index (χ0v) is 21.0. The molecule has 4 aromatic rings. The number of anilines is 1. The van der Waals surface area contributed by atoms with Gasteiger partial charge in [0.15, 0.2) is 5.82 Å². The highest BCUT2D eigenvalue weighted by atomic mass is 32.2. The maximum absolute atomic E-state index is 15.5. The zero-order valence-electron chi connectivity index (χ0n) is 20.2. The van der Waals surface area contributed by atoms with Crippen LogP contribution in [0.1, 0.15) is 40.4 Å². The number of carbonyl (C=O) groups excluding carboxylic acids is 1. The van der Waals surface area contributed by atoms with Gasteiger partial charge in [0.05, 0.1) is 16.1 Å². The average molecular weight is 522 g/mol. The molecule has 2 aromatic heterocycles. The number of nitrogens with zero attached hydrogens (tertiary/aromatic N) is 2. The van der Waals surface area contributed by atoms with Gasteiger partial charge < -0.3 is 10.7 Å². The summed E-state index contributed by atoms with van der Waals surface area (Å²) in [7, 11) is -0.241. The number of hydrogen-bond acceptors (Lipinski definition) is 5. The highest BCUT2D eigenvalue weighted by Crippen LogP contribution is 2.28. The number of fused-ring (bicyclic) bond motifs is 1. The molecule has 0 aliphatic heterocycles. The van der Waals surface area contributed by atoms with Crippen molar-refractivity contribution in [3.05, 3.63) is 94.9 Å². The van der Waals surface area contributed by atoms with Crippen LogP contribution in [0, 0.1) is 11.6 Å². The van der Waals surface area contributed by atoms with Crippen molar-refractivity contribution in [3.63, 3.8) is 0 Å². The summed E-state index contributed by atoms with van der Waals surface area (Å²) in [6.07, 6.45) is 7.63. The van der Waals surface area contributed by atoms with Gasteiger partial charge in [-0.15, -0.1) is 0 Å². The number of ketones is 1. The van der Waals surface area contributed by atoms with Crippen LogP contribution in [-0.4, -0.2) is 33.2 Å². The zero-order chi connectivity index (χ0) is 26.5. The fourth-order valence-corrected chi connectivity index (χ4v) is 4.76. The Labute approximate surface area is 215 Å². The van der Waals surface area contributed by atoms with Crippen molar-refractivity contribution in [1.82, 2.24) is 9.97 Å². The van der Waals surface area contributed by atoms with Crippen LogP contribution in [0.15, 0.2) is 70.9 Å². The van der Waals surface area contributed by atoms with Gasteiger partial charge in [0.25, 0.3) is 0 Å². The summed E-state index contributed by atoms with van der Waals surface area (Å²) in [6.45, 7) is 2.06. The van der Waals surface area contributed by atoms with Gasteiger partial charge in [0, 0.05) is 53.9 Å². The number of benzene rings is 2. The van der Waals surface area contributed by atoms with Gasteiger partial charge >= 0.3 is 0 Å². The molecule has 2 aromatic carbocycles. The minimum atomic E-state index is -1.83. The van der Waals surface area contributed by atoms with E-state index in [0.29, 0.717) is 27.1 Å². The molecule has 4 N–H and O–H groups in total. The van der Waals surface area contributed by atoms with Gasteiger partial charge in [0.1, 0.15) is 22.5 Å². The van der Waals surface area contributed by atoms with Crippen molar-refractivity contribution in [2.24, 2.45) is 10.7 Å². The number of rotatable bonds is 9. The number of pyridine rings is 1. The molecule has 190 valence electrons.